The Hall–Kier alpha value is -2.95. The average molecular weight is 2080 g/mol. The molecule has 0 amide bonds. The van der Waals surface area contributed by atoms with Crippen molar-refractivity contribution in [3.05, 3.63) is 190 Å². The van der Waals surface area contributed by atoms with Crippen molar-refractivity contribution in [2.45, 2.75) is 368 Å². The molecule has 3 saturated heterocycles. The van der Waals surface area contributed by atoms with E-state index in [0.717, 1.165) is 107 Å². The molecule has 129 heavy (non-hydrogen) atoms. The Morgan fingerprint density at radius 2 is 1.00 bits per heavy atom. The molecule has 23 heteroatoms. The van der Waals surface area contributed by atoms with Crippen LogP contribution in [0, 0.1) is 31.6 Å². The van der Waals surface area contributed by atoms with Crippen molar-refractivity contribution in [3.8, 4) is 0 Å². The molecule has 5 unspecified atom stereocenters. The fourth-order valence-electron chi connectivity index (χ4n) is 15.3. The zero-order chi connectivity index (χ0) is 96.6. The van der Waals surface area contributed by atoms with Crippen LogP contribution in [0.5, 0.6) is 0 Å². The monoisotopic (exact) mass is 2080 g/mol. The average Bonchev–Trinajstić information content (AvgIpc) is 0.788. The number of allylic oxidation sites excluding steroid dienone is 1. The van der Waals surface area contributed by atoms with E-state index < -0.39 is 52.7 Å². The van der Waals surface area contributed by atoms with Crippen molar-refractivity contribution in [3.63, 3.8) is 0 Å². The summed E-state index contributed by atoms with van der Waals surface area (Å²) in [5.41, 5.74) is 8.00. The SMILES string of the molecule is CC(C)[C@H](C)/C=C\C(O[Si](C)(C)C(C)(C)C)[C@H]1OC(C)(C)O[C@H]1CCI.CC1CCCO1.COPCCCCc1cc(C)c(C(=O)OCC[Si](C)(C)C)c(/C=C/C[C@@H]2OC(C)(C)O[C@@H]2C(/C=C\[C@@H](C)[C@H](C)O[Si](c2ccccc2)(c2ccccc2)C(C)(C)C)O[Si](C)(C)C(C)(C)C)c1.COPCCCCc1cc(C)c(C(=O)OCC[Si](C)(C)C)c(C[Se]c2ccccc2)c1. The van der Waals surface area contributed by atoms with Gasteiger partial charge in [0.05, 0.1) is 42.7 Å². The van der Waals surface area contributed by atoms with Gasteiger partial charge in [-0.15, -0.1) is 0 Å². The topological polar surface area (TPSA) is 145 Å². The molecule has 0 aromatic heterocycles. The third kappa shape index (κ3) is 39.8. The zero-order valence-electron chi connectivity index (χ0n) is 86.2. The number of benzene rings is 5. The number of unbranched alkanes of at least 4 members (excludes halogenated alkanes) is 2. The molecular formula is C106H175IO14P2SeSi5. The summed E-state index contributed by atoms with van der Waals surface area (Å²) in [5, 5.41) is 3.45. The summed E-state index contributed by atoms with van der Waals surface area (Å²) in [4.78, 5) is 26.8. The molecule has 3 heterocycles. The Morgan fingerprint density at radius 1 is 0.558 bits per heavy atom. The summed E-state index contributed by atoms with van der Waals surface area (Å²) in [6, 6.07) is 43.0. The van der Waals surface area contributed by atoms with Crippen LogP contribution in [0.1, 0.15) is 237 Å². The number of alkyl halides is 1. The molecule has 3 aliphatic heterocycles. The number of hydrogen-bond acceptors (Lipinski definition) is 14. The van der Waals surface area contributed by atoms with Crippen molar-refractivity contribution in [2.75, 3.05) is 50.8 Å². The van der Waals surface area contributed by atoms with Gasteiger partial charge in [-0.2, -0.15) is 0 Å². The van der Waals surface area contributed by atoms with Crippen molar-refractivity contribution >= 4 is 129 Å². The van der Waals surface area contributed by atoms with Crippen LogP contribution in [0.2, 0.25) is 92.7 Å². The molecule has 0 radical (unpaired) electrons. The maximum absolute atomic E-state index is 13.8. The molecule has 726 valence electrons. The molecule has 5 aromatic rings. The number of hydrogen-bond donors (Lipinski definition) is 0. The van der Waals surface area contributed by atoms with Gasteiger partial charge in [0.15, 0.2) is 28.2 Å². The fourth-order valence-corrected chi connectivity index (χ4v) is 27.7. The Morgan fingerprint density at radius 3 is 1.42 bits per heavy atom. The molecule has 8 rings (SSSR count). The molecule has 3 aliphatic rings. The van der Waals surface area contributed by atoms with E-state index in [1.54, 1.807) is 14.2 Å². The van der Waals surface area contributed by atoms with Crippen LogP contribution in [-0.2, 0) is 73.6 Å². The van der Waals surface area contributed by atoms with Gasteiger partial charge in [-0.3, -0.25) is 0 Å². The van der Waals surface area contributed by atoms with E-state index >= 15 is 0 Å². The number of halogens is 1. The van der Waals surface area contributed by atoms with E-state index in [-0.39, 0.29) is 75.7 Å². The molecule has 14 nitrogen and oxygen atoms in total. The first-order chi connectivity index (χ1) is 60.1. The quantitative estimate of drug-likeness (QED) is 0.00693. The van der Waals surface area contributed by atoms with Crippen molar-refractivity contribution in [2.24, 2.45) is 17.8 Å². The van der Waals surface area contributed by atoms with Gasteiger partial charge >= 0.3 is 204 Å². The van der Waals surface area contributed by atoms with Gasteiger partial charge < -0.3 is 46.2 Å². The van der Waals surface area contributed by atoms with Crippen molar-refractivity contribution < 1.29 is 65.1 Å². The fraction of sp³-hybridized carbons (Fsp3) is 0.642. The third-order valence-corrected chi connectivity index (χ3v) is 47.5. The summed E-state index contributed by atoms with van der Waals surface area (Å²) in [5.74, 6) is -0.585. The maximum atomic E-state index is 13.8. The van der Waals surface area contributed by atoms with Crippen LogP contribution < -0.4 is 14.8 Å². The molecule has 5 aromatic carbocycles. The summed E-state index contributed by atoms with van der Waals surface area (Å²) in [6.45, 7) is 71.2. The van der Waals surface area contributed by atoms with Gasteiger partial charge in [0.1, 0.15) is 12.2 Å². The predicted octanol–water partition coefficient (Wildman–Crippen LogP) is 26.9. The Balaban J connectivity index is 0.000000382. The van der Waals surface area contributed by atoms with E-state index in [9.17, 15) is 9.59 Å². The Kier molecular flexibility index (Phi) is 49.2. The number of rotatable bonds is 44. The number of ether oxygens (including phenoxy) is 7. The van der Waals surface area contributed by atoms with E-state index in [2.05, 4.69) is 351 Å². The van der Waals surface area contributed by atoms with Gasteiger partial charge in [0, 0.05) is 41.1 Å². The molecule has 0 saturated carbocycles. The van der Waals surface area contributed by atoms with Gasteiger partial charge in [-0.05, 0) is 192 Å². The first-order valence-corrected chi connectivity index (χ1v) is 68.9. The van der Waals surface area contributed by atoms with Gasteiger partial charge in [-0.25, -0.2) is 4.79 Å². The number of esters is 2. The predicted molar refractivity (Wildman–Crippen MR) is 574 cm³/mol. The van der Waals surface area contributed by atoms with Crippen molar-refractivity contribution in [1.29, 1.82) is 0 Å². The molecule has 3 fully saturated rings. The minimum atomic E-state index is -2.78. The van der Waals surface area contributed by atoms with Gasteiger partial charge in [-0.1, -0.05) is 241 Å². The Labute approximate surface area is 814 Å². The van der Waals surface area contributed by atoms with Crippen LogP contribution in [0.25, 0.3) is 6.08 Å². The van der Waals surface area contributed by atoms with Crippen LogP contribution in [0.3, 0.4) is 0 Å². The summed E-state index contributed by atoms with van der Waals surface area (Å²) in [7, 11) is -4.96. The second-order valence-corrected chi connectivity index (χ2v) is 74.2. The standard InChI is InChI=1S/C55H87O7PSi3.C25H37O3PSeSi.C21H41IO3Si.C5H10O/c1-41(43(3)61-66(54(7,8)9,46-29-20-18-21-30-46)47-31-22-19-23-32-47)34-35-49(62-65(16,17)53(4,5)6)51-48(59-55(10,11)60-51)33-26-28-45-40-44(27-24-25-37-63-57-12)39-42(2)50(45)52(56)58-36-38-64(13,14)15;1-20-17-21(11-9-10-15-29-27-2)18-22(19-30-23-12-7-6-8-13-23)24(20)25(26)28-14-16-31(3,4)5;1-15(2)16(3)11-12-18(25-26(9,10)20(4,5)6)19-17(13-14-22)23-21(7,8)24-19;1-5-3-2-4-6-5/h18-23,26,28-32,34-35,39-41,43,48-49,51,63H,24-25,27,33,36-38H2,1-17H3;6-8,12-13,17-18,29H,9-11,14-16,19H2,1-5H3;11-12,15-19H,13-14H2,1-10H3;5H,2-4H2,1H3/b28-26+,35-34-;;12-11-;/t41-,43+,48+,49?,51+;;16-,17+,18?,19+;/m1.1./s1. The van der Waals surface area contributed by atoms with Gasteiger partial charge in [0.25, 0.3) is 8.32 Å². The van der Waals surface area contributed by atoms with Crippen LogP contribution in [0.15, 0.2) is 146 Å². The van der Waals surface area contributed by atoms with Gasteiger partial charge in [0.2, 0.25) is 0 Å². The zero-order valence-corrected chi connectivity index (χ0v) is 97.1. The van der Waals surface area contributed by atoms with Crippen LogP contribution >= 0.6 is 40.2 Å². The summed E-state index contributed by atoms with van der Waals surface area (Å²) in [6.07, 6.45) is 25.5. The van der Waals surface area contributed by atoms with Crippen molar-refractivity contribution in [1.82, 2.24) is 0 Å². The van der Waals surface area contributed by atoms with E-state index in [1.807, 2.05) is 34.6 Å². The first-order valence-electron chi connectivity index (χ1n) is 48.0. The molecular weight excluding hydrogens is 1910 g/mol. The minimum absolute atomic E-state index is 0.0259. The number of carbonyl (C=O) groups is 2. The third-order valence-electron chi connectivity index (χ3n) is 25.5. The van der Waals surface area contributed by atoms with E-state index in [4.69, 9.17) is 55.5 Å². The molecule has 12 atom stereocenters. The second kappa shape index (κ2) is 54.4. The summed E-state index contributed by atoms with van der Waals surface area (Å²) >= 11 is 2.71. The Bertz CT molecular complexity index is 4150. The van der Waals surface area contributed by atoms with Crippen LogP contribution in [-0.4, -0.2) is 179 Å². The molecule has 0 aliphatic carbocycles. The molecule has 0 bridgehead atoms. The first kappa shape index (κ1) is 117. The number of carbonyl (C=O) groups excluding carboxylic acids is 2. The molecule has 0 spiro atoms. The summed E-state index contributed by atoms with van der Waals surface area (Å²) < 4.78 is 77.6. The second-order valence-electron chi connectivity index (χ2n) is 43.6. The normalized spacial score (nSPS) is 19.5. The van der Waals surface area contributed by atoms with E-state index in [1.165, 1.54) is 45.2 Å². The number of aryl methyl sites for hydroxylation is 4. The van der Waals surface area contributed by atoms with E-state index in [0.29, 0.717) is 75.7 Å². The van der Waals surface area contributed by atoms with Crippen LogP contribution in [0.4, 0.5) is 0 Å². The molecule has 0 N–H and O–H groups in total.